The Morgan fingerprint density at radius 1 is 1.18 bits per heavy atom. The number of fused-ring (bicyclic) bond motifs is 1. The smallest absolute Gasteiger partial charge is 0.0708 e. The normalized spacial score (nSPS) is 16.1. The van der Waals surface area contributed by atoms with E-state index in [0.717, 1.165) is 43.3 Å². The quantitative estimate of drug-likeness (QED) is 0.927. The summed E-state index contributed by atoms with van der Waals surface area (Å²) in [5, 5.41) is 1.29. The van der Waals surface area contributed by atoms with Crippen molar-refractivity contribution >= 4 is 35.7 Å². The van der Waals surface area contributed by atoms with Gasteiger partial charge in [-0.05, 0) is 63.0 Å². The van der Waals surface area contributed by atoms with Crippen molar-refractivity contribution in [2.24, 2.45) is 11.7 Å². The van der Waals surface area contributed by atoms with Crippen LogP contribution in [0, 0.1) is 12.8 Å². The first-order valence-electron chi connectivity index (χ1n) is 7.54. The Bertz CT molecular complexity index is 595. The van der Waals surface area contributed by atoms with E-state index in [2.05, 4.69) is 47.1 Å². The molecule has 0 spiro atoms. The Morgan fingerprint density at radius 3 is 2.55 bits per heavy atom. The molecule has 2 heterocycles. The molecule has 2 aromatic rings. The molecule has 0 aliphatic carbocycles. The maximum Gasteiger partial charge on any atom is 0.0708 e. The summed E-state index contributed by atoms with van der Waals surface area (Å²) in [5.41, 5.74) is 9.39. The molecule has 1 aromatic carbocycles. The second-order valence-corrected chi connectivity index (χ2v) is 5.90. The number of rotatable bonds is 3. The molecule has 1 aliphatic heterocycles. The highest BCUT2D eigenvalue weighted by molar-refractivity contribution is 5.85. The van der Waals surface area contributed by atoms with Crippen molar-refractivity contribution in [1.82, 2.24) is 9.88 Å². The summed E-state index contributed by atoms with van der Waals surface area (Å²) in [5.74, 6) is 0.724. The highest BCUT2D eigenvalue weighted by atomic mass is 35.5. The maximum absolute atomic E-state index is 5.77. The molecule has 0 unspecified atom stereocenters. The Hall–Kier alpha value is -0.870. The van der Waals surface area contributed by atoms with Crippen molar-refractivity contribution in [3.63, 3.8) is 0 Å². The van der Waals surface area contributed by atoms with E-state index in [1.807, 2.05) is 0 Å². The highest BCUT2D eigenvalue weighted by Gasteiger charge is 2.18. The number of hydrogen-bond donors (Lipinski definition) is 1. The lowest BCUT2D eigenvalue weighted by molar-refractivity contribution is 0.181. The number of nitrogens with zero attached hydrogens (tertiary/aromatic N) is 2. The fourth-order valence-corrected chi connectivity index (χ4v) is 3.15. The molecule has 0 radical (unpaired) electrons. The minimum Gasteiger partial charge on any atom is -0.330 e. The van der Waals surface area contributed by atoms with Gasteiger partial charge in [0.2, 0.25) is 0 Å². The van der Waals surface area contributed by atoms with Gasteiger partial charge < -0.3 is 5.73 Å². The van der Waals surface area contributed by atoms with Gasteiger partial charge >= 0.3 is 0 Å². The SMILES string of the molecule is Cc1cc(CN2CCC(CN)CC2)c2ccccc2n1.Cl.Cl. The van der Waals surface area contributed by atoms with E-state index in [1.165, 1.54) is 23.8 Å². The molecule has 3 nitrogen and oxygen atoms in total. The number of likely N-dealkylation sites (tertiary alicyclic amines) is 1. The second-order valence-electron chi connectivity index (χ2n) is 5.90. The van der Waals surface area contributed by atoms with Gasteiger partial charge in [-0.3, -0.25) is 9.88 Å². The van der Waals surface area contributed by atoms with Gasteiger partial charge in [-0.2, -0.15) is 0 Å². The summed E-state index contributed by atoms with van der Waals surface area (Å²) in [6, 6.07) is 10.7. The predicted molar refractivity (Wildman–Crippen MR) is 98.0 cm³/mol. The summed E-state index contributed by atoms with van der Waals surface area (Å²) in [6.07, 6.45) is 2.47. The van der Waals surface area contributed by atoms with Crippen LogP contribution in [0.1, 0.15) is 24.1 Å². The second kappa shape index (κ2) is 8.68. The molecule has 3 rings (SSSR count). The number of aryl methyl sites for hydroxylation is 1. The van der Waals surface area contributed by atoms with Gasteiger partial charge in [0, 0.05) is 17.6 Å². The molecule has 2 N–H and O–H groups in total. The average Bonchev–Trinajstić information content (AvgIpc) is 2.48. The number of aromatic nitrogens is 1. The van der Waals surface area contributed by atoms with Crippen LogP contribution >= 0.6 is 24.8 Å². The monoisotopic (exact) mass is 341 g/mol. The van der Waals surface area contributed by atoms with Crippen LogP contribution in [0.4, 0.5) is 0 Å². The van der Waals surface area contributed by atoms with E-state index >= 15 is 0 Å². The van der Waals surface area contributed by atoms with E-state index in [-0.39, 0.29) is 24.8 Å². The van der Waals surface area contributed by atoms with E-state index in [9.17, 15) is 0 Å². The number of para-hydroxylation sites is 1. The van der Waals surface area contributed by atoms with Crippen LogP contribution in [0.3, 0.4) is 0 Å². The Labute approximate surface area is 145 Å². The van der Waals surface area contributed by atoms with Gasteiger partial charge in [0.15, 0.2) is 0 Å². The van der Waals surface area contributed by atoms with Gasteiger partial charge in [-0.1, -0.05) is 18.2 Å². The first-order chi connectivity index (χ1) is 9.76. The molecule has 0 amide bonds. The van der Waals surface area contributed by atoms with Crippen LogP contribution in [-0.2, 0) is 6.54 Å². The zero-order valence-electron chi connectivity index (χ0n) is 13.0. The number of pyridine rings is 1. The Kier molecular flexibility index (Phi) is 7.57. The molecule has 0 saturated carbocycles. The molecule has 22 heavy (non-hydrogen) atoms. The summed E-state index contributed by atoms with van der Waals surface area (Å²) in [7, 11) is 0. The van der Waals surface area contributed by atoms with Gasteiger partial charge in [0.05, 0.1) is 5.52 Å². The fourth-order valence-electron chi connectivity index (χ4n) is 3.15. The molecule has 1 saturated heterocycles. The third-order valence-electron chi connectivity index (χ3n) is 4.36. The lowest BCUT2D eigenvalue weighted by Gasteiger charge is -2.31. The van der Waals surface area contributed by atoms with Crippen LogP contribution < -0.4 is 5.73 Å². The first-order valence-corrected chi connectivity index (χ1v) is 7.54. The van der Waals surface area contributed by atoms with Gasteiger partial charge in [0.25, 0.3) is 0 Å². The summed E-state index contributed by atoms with van der Waals surface area (Å²) in [4.78, 5) is 7.17. The number of halogens is 2. The zero-order chi connectivity index (χ0) is 13.9. The molecule has 0 bridgehead atoms. The van der Waals surface area contributed by atoms with E-state index in [4.69, 9.17) is 5.73 Å². The lowest BCUT2D eigenvalue weighted by Crippen LogP contribution is -2.35. The van der Waals surface area contributed by atoms with E-state index in [1.54, 1.807) is 0 Å². The number of benzene rings is 1. The van der Waals surface area contributed by atoms with Crippen molar-refractivity contribution in [3.05, 3.63) is 41.6 Å². The number of hydrogen-bond acceptors (Lipinski definition) is 3. The van der Waals surface area contributed by atoms with Crippen molar-refractivity contribution in [3.8, 4) is 0 Å². The van der Waals surface area contributed by atoms with E-state index < -0.39 is 0 Å². The highest BCUT2D eigenvalue weighted by Crippen LogP contribution is 2.22. The van der Waals surface area contributed by atoms with Crippen molar-refractivity contribution in [2.75, 3.05) is 19.6 Å². The maximum atomic E-state index is 5.77. The van der Waals surface area contributed by atoms with E-state index in [0.29, 0.717) is 0 Å². The summed E-state index contributed by atoms with van der Waals surface area (Å²) in [6.45, 7) is 6.28. The summed E-state index contributed by atoms with van der Waals surface area (Å²) < 4.78 is 0. The van der Waals surface area contributed by atoms with Gasteiger partial charge in [-0.25, -0.2) is 0 Å². The van der Waals surface area contributed by atoms with Crippen LogP contribution in [-0.4, -0.2) is 29.5 Å². The molecule has 5 heteroatoms. The van der Waals surface area contributed by atoms with Crippen molar-refractivity contribution in [1.29, 1.82) is 0 Å². The third kappa shape index (κ3) is 4.32. The Balaban J connectivity index is 0.00000121. The standard InChI is InChI=1S/C17H23N3.2ClH/c1-13-10-15(16-4-2-3-5-17(16)19-13)12-20-8-6-14(11-18)7-9-20;;/h2-5,10,14H,6-9,11-12,18H2,1H3;2*1H. The molecular weight excluding hydrogens is 317 g/mol. The third-order valence-corrected chi connectivity index (χ3v) is 4.36. The van der Waals surface area contributed by atoms with Crippen LogP contribution in [0.5, 0.6) is 0 Å². The molecular formula is C17H25Cl2N3. The topological polar surface area (TPSA) is 42.1 Å². The number of piperidine rings is 1. The minimum absolute atomic E-state index is 0. The molecule has 1 aliphatic rings. The lowest BCUT2D eigenvalue weighted by atomic mass is 9.96. The molecule has 0 atom stereocenters. The zero-order valence-corrected chi connectivity index (χ0v) is 14.6. The van der Waals surface area contributed by atoms with Crippen LogP contribution in [0.2, 0.25) is 0 Å². The predicted octanol–water partition coefficient (Wildman–Crippen LogP) is 3.56. The van der Waals surface area contributed by atoms with Crippen molar-refractivity contribution < 1.29 is 0 Å². The molecule has 122 valence electrons. The minimum atomic E-state index is 0. The van der Waals surface area contributed by atoms with Crippen LogP contribution in [0.15, 0.2) is 30.3 Å². The van der Waals surface area contributed by atoms with Gasteiger partial charge in [0.1, 0.15) is 0 Å². The van der Waals surface area contributed by atoms with Crippen molar-refractivity contribution in [2.45, 2.75) is 26.3 Å². The Morgan fingerprint density at radius 2 is 1.86 bits per heavy atom. The average molecular weight is 342 g/mol. The first kappa shape index (κ1) is 19.2. The summed E-state index contributed by atoms with van der Waals surface area (Å²) >= 11 is 0. The van der Waals surface area contributed by atoms with Gasteiger partial charge in [-0.15, -0.1) is 24.8 Å². The number of nitrogens with two attached hydrogens (primary N) is 1. The molecule has 1 aromatic heterocycles. The fraction of sp³-hybridized carbons (Fsp3) is 0.471. The van der Waals surface area contributed by atoms with Crippen LogP contribution in [0.25, 0.3) is 10.9 Å². The largest absolute Gasteiger partial charge is 0.330 e. The molecule has 1 fully saturated rings.